The van der Waals surface area contributed by atoms with Gasteiger partial charge in [0.15, 0.2) is 0 Å². The highest BCUT2D eigenvalue weighted by Crippen LogP contribution is 2.20. The number of piperidine rings is 1. The number of amides is 1. The van der Waals surface area contributed by atoms with Crippen molar-refractivity contribution in [3.63, 3.8) is 0 Å². The summed E-state index contributed by atoms with van der Waals surface area (Å²) in [6.07, 6.45) is 0.713. The van der Waals surface area contributed by atoms with Crippen LogP contribution in [0.2, 0.25) is 0 Å². The van der Waals surface area contributed by atoms with E-state index in [9.17, 15) is 14.3 Å². The topological polar surface area (TPSA) is 66.6 Å². The van der Waals surface area contributed by atoms with Crippen molar-refractivity contribution in [3.05, 3.63) is 29.1 Å². The fourth-order valence-corrected chi connectivity index (χ4v) is 2.19. The molecule has 0 atom stereocenters. The van der Waals surface area contributed by atoms with Crippen molar-refractivity contribution in [1.29, 1.82) is 0 Å². The standard InChI is InChI=1S/C13H17FN2O2/c1-8-6-9(15)7-11(12(8)14)13(18)16-4-2-10(17)3-5-16/h6-7,10,17H,2-5,15H2,1H3. The van der Waals surface area contributed by atoms with Gasteiger partial charge in [0.25, 0.3) is 5.91 Å². The van der Waals surface area contributed by atoms with E-state index in [-0.39, 0.29) is 17.6 Å². The van der Waals surface area contributed by atoms with Gasteiger partial charge in [0.1, 0.15) is 5.82 Å². The number of halogens is 1. The molecule has 0 unspecified atom stereocenters. The molecule has 0 aromatic heterocycles. The van der Waals surface area contributed by atoms with Gasteiger partial charge in [-0.2, -0.15) is 0 Å². The number of carbonyl (C=O) groups is 1. The molecule has 2 rings (SSSR count). The Morgan fingerprint density at radius 3 is 2.67 bits per heavy atom. The number of anilines is 1. The first-order chi connectivity index (χ1) is 8.49. The molecule has 0 bridgehead atoms. The third kappa shape index (κ3) is 2.46. The number of nitrogens with zero attached hydrogens (tertiary/aromatic N) is 1. The summed E-state index contributed by atoms with van der Waals surface area (Å²) in [5.41, 5.74) is 6.41. The average molecular weight is 252 g/mol. The van der Waals surface area contributed by atoms with E-state index in [1.165, 1.54) is 12.1 Å². The number of aliphatic hydroxyl groups excluding tert-OH is 1. The predicted molar refractivity (Wildman–Crippen MR) is 66.7 cm³/mol. The van der Waals surface area contributed by atoms with Crippen molar-refractivity contribution in [3.8, 4) is 0 Å². The van der Waals surface area contributed by atoms with Crippen LogP contribution in [0.5, 0.6) is 0 Å². The van der Waals surface area contributed by atoms with Crippen LogP contribution in [0.15, 0.2) is 12.1 Å². The lowest BCUT2D eigenvalue weighted by atomic mass is 10.0. The quantitative estimate of drug-likeness (QED) is 0.741. The zero-order valence-corrected chi connectivity index (χ0v) is 10.3. The molecule has 1 heterocycles. The van der Waals surface area contributed by atoms with Crippen molar-refractivity contribution in [2.24, 2.45) is 0 Å². The van der Waals surface area contributed by atoms with Crippen LogP contribution in [0.1, 0.15) is 28.8 Å². The van der Waals surface area contributed by atoms with Crippen LogP contribution in [0, 0.1) is 12.7 Å². The molecule has 1 amide bonds. The second-order valence-corrected chi connectivity index (χ2v) is 4.72. The molecule has 1 aliphatic heterocycles. The van der Waals surface area contributed by atoms with Gasteiger partial charge < -0.3 is 15.7 Å². The van der Waals surface area contributed by atoms with E-state index in [1.54, 1.807) is 11.8 Å². The predicted octanol–water partition coefficient (Wildman–Crippen LogP) is 1.31. The summed E-state index contributed by atoms with van der Waals surface area (Å²) in [6.45, 7) is 2.49. The van der Waals surface area contributed by atoms with E-state index in [1.807, 2.05) is 0 Å². The van der Waals surface area contributed by atoms with Gasteiger partial charge in [0.2, 0.25) is 0 Å². The minimum Gasteiger partial charge on any atom is -0.399 e. The smallest absolute Gasteiger partial charge is 0.256 e. The number of likely N-dealkylation sites (tertiary alicyclic amines) is 1. The van der Waals surface area contributed by atoms with E-state index in [0.717, 1.165) is 0 Å². The van der Waals surface area contributed by atoms with Gasteiger partial charge in [0, 0.05) is 18.8 Å². The second kappa shape index (κ2) is 4.94. The molecule has 0 aliphatic carbocycles. The van der Waals surface area contributed by atoms with Gasteiger partial charge in [-0.3, -0.25) is 4.79 Å². The lowest BCUT2D eigenvalue weighted by Gasteiger charge is -2.29. The van der Waals surface area contributed by atoms with Crippen LogP contribution in [0.25, 0.3) is 0 Å². The Kier molecular flexibility index (Phi) is 3.52. The second-order valence-electron chi connectivity index (χ2n) is 4.72. The van der Waals surface area contributed by atoms with Gasteiger partial charge in [-0.25, -0.2) is 4.39 Å². The van der Waals surface area contributed by atoms with Crippen LogP contribution >= 0.6 is 0 Å². The number of hydrogen-bond acceptors (Lipinski definition) is 3. The summed E-state index contributed by atoms with van der Waals surface area (Å²) in [7, 11) is 0. The molecule has 1 saturated heterocycles. The number of carbonyl (C=O) groups excluding carboxylic acids is 1. The van der Waals surface area contributed by atoms with E-state index in [4.69, 9.17) is 5.73 Å². The Morgan fingerprint density at radius 1 is 1.44 bits per heavy atom. The summed E-state index contributed by atoms with van der Waals surface area (Å²) in [6, 6.07) is 2.88. The van der Waals surface area contributed by atoms with Crippen LogP contribution < -0.4 is 5.73 Å². The van der Waals surface area contributed by atoms with Crippen LogP contribution in [-0.4, -0.2) is 35.1 Å². The van der Waals surface area contributed by atoms with Crippen LogP contribution in [0.4, 0.5) is 10.1 Å². The Hall–Kier alpha value is -1.62. The maximum Gasteiger partial charge on any atom is 0.256 e. The van der Waals surface area contributed by atoms with E-state index >= 15 is 0 Å². The monoisotopic (exact) mass is 252 g/mol. The first-order valence-electron chi connectivity index (χ1n) is 6.02. The molecule has 1 aromatic rings. The van der Waals surface area contributed by atoms with Crippen LogP contribution in [-0.2, 0) is 0 Å². The Bertz CT molecular complexity index is 468. The van der Waals surface area contributed by atoms with E-state index in [0.29, 0.717) is 37.2 Å². The molecule has 18 heavy (non-hydrogen) atoms. The van der Waals surface area contributed by atoms with Gasteiger partial charge in [-0.05, 0) is 37.5 Å². The first kappa shape index (κ1) is 12.8. The lowest BCUT2D eigenvalue weighted by molar-refractivity contribution is 0.0542. The van der Waals surface area contributed by atoms with E-state index in [2.05, 4.69) is 0 Å². The molecule has 0 spiro atoms. The molecule has 3 N–H and O–H groups in total. The number of hydrogen-bond donors (Lipinski definition) is 2. The number of nitrogens with two attached hydrogens (primary N) is 1. The summed E-state index contributed by atoms with van der Waals surface area (Å²) in [5.74, 6) is -0.866. The van der Waals surface area contributed by atoms with Gasteiger partial charge in [-0.1, -0.05) is 0 Å². The van der Waals surface area contributed by atoms with Gasteiger partial charge >= 0.3 is 0 Å². The number of benzene rings is 1. The summed E-state index contributed by atoms with van der Waals surface area (Å²) in [5, 5.41) is 9.39. The van der Waals surface area contributed by atoms with Crippen LogP contribution in [0.3, 0.4) is 0 Å². The van der Waals surface area contributed by atoms with Crippen molar-refractivity contribution < 1.29 is 14.3 Å². The summed E-state index contributed by atoms with van der Waals surface area (Å²) < 4.78 is 13.9. The van der Waals surface area contributed by atoms with Gasteiger partial charge in [0.05, 0.1) is 11.7 Å². The Labute approximate surface area is 105 Å². The largest absolute Gasteiger partial charge is 0.399 e. The normalized spacial score (nSPS) is 16.9. The maximum atomic E-state index is 13.9. The van der Waals surface area contributed by atoms with Crippen molar-refractivity contribution in [2.75, 3.05) is 18.8 Å². The minimum atomic E-state index is -0.514. The van der Waals surface area contributed by atoms with Gasteiger partial charge in [-0.15, -0.1) is 0 Å². The molecule has 98 valence electrons. The highest BCUT2D eigenvalue weighted by Gasteiger charge is 2.25. The Balaban J connectivity index is 2.23. The highest BCUT2D eigenvalue weighted by atomic mass is 19.1. The molecule has 5 heteroatoms. The third-order valence-electron chi connectivity index (χ3n) is 3.26. The van der Waals surface area contributed by atoms with Crippen molar-refractivity contribution in [2.45, 2.75) is 25.9 Å². The molecular weight excluding hydrogens is 235 g/mol. The number of aliphatic hydroxyl groups is 1. The number of aryl methyl sites for hydroxylation is 1. The van der Waals surface area contributed by atoms with Crippen molar-refractivity contribution >= 4 is 11.6 Å². The molecule has 1 fully saturated rings. The molecule has 0 radical (unpaired) electrons. The zero-order valence-electron chi connectivity index (χ0n) is 10.3. The fraction of sp³-hybridized carbons (Fsp3) is 0.462. The average Bonchev–Trinajstić information content (AvgIpc) is 2.34. The molecule has 1 aromatic carbocycles. The number of nitrogen functional groups attached to an aromatic ring is 1. The third-order valence-corrected chi connectivity index (χ3v) is 3.26. The molecule has 1 aliphatic rings. The molecule has 4 nitrogen and oxygen atoms in total. The lowest BCUT2D eigenvalue weighted by Crippen LogP contribution is -2.40. The zero-order chi connectivity index (χ0) is 13.3. The Morgan fingerprint density at radius 2 is 2.06 bits per heavy atom. The maximum absolute atomic E-state index is 13.9. The summed E-state index contributed by atoms with van der Waals surface area (Å²) in [4.78, 5) is 13.7. The molecular formula is C13H17FN2O2. The minimum absolute atomic E-state index is 0.0175. The summed E-state index contributed by atoms with van der Waals surface area (Å²) >= 11 is 0. The first-order valence-corrected chi connectivity index (χ1v) is 6.02. The molecule has 0 saturated carbocycles. The van der Waals surface area contributed by atoms with Crippen molar-refractivity contribution in [1.82, 2.24) is 4.90 Å². The highest BCUT2D eigenvalue weighted by molar-refractivity contribution is 5.95. The SMILES string of the molecule is Cc1cc(N)cc(C(=O)N2CCC(O)CC2)c1F. The fourth-order valence-electron chi connectivity index (χ4n) is 2.19. The van der Waals surface area contributed by atoms with E-state index < -0.39 is 5.82 Å². The number of rotatable bonds is 1.